The van der Waals surface area contributed by atoms with Gasteiger partial charge in [-0.2, -0.15) is 18.4 Å². The summed E-state index contributed by atoms with van der Waals surface area (Å²) >= 11 is 0. The third-order valence-corrected chi connectivity index (χ3v) is 10.2. The lowest BCUT2D eigenvalue weighted by atomic mass is 10.1. The number of hydrogen-bond donors (Lipinski definition) is 0. The maximum absolute atomic E-state index is 14.4. The van der Waals surface area contributed by atoms with E-state index in [4.69, 9.17) is 15.0 Å². The van der Waals surface area contributed by atoms with Crippen LogP contribution in [-0.4, -0.2) is 24.1 Å². The SMILES string of the molecule is N#Cc1cc(-c2nc(-c3ccccc3)nc(-c3ccccc3)n2)ccc1-n1c2ccccc2c2cc3c(cc21)c1ccccc1n3-c1ccccc1C(F)(F)F. The standard InChI is InChI=1S/C47H27F3N6/c48-47(49,50)37-19-9-12-22-41(37)56-40-21-11-8-18-34(40)36-26-42-35(27-43(36)56)33-17-7-10-20-39(33)55(42)38-24-23-31(25-32(38)28-51)46-53-44(29-13-3-1-4-14-29)52-45(54-46)30-15-5-2-6-16-30/h1-27H. The van der Waals surface area contributed by atoms with E-state index in [1.54, 1.807) is 16.7 Å². The molecule has 266 valence electrons. The molecular weight excluding hydrogens is 706 g/mol. The number of hydrogen-bond acceptors (Lipinski definition) is 4. The van der Waals surface area contributed by atoms with Gasteiger partial charge in [0, 0.05) is 38.2 Å². The van der Waals surface area contributed by atoms with Crippen molar-refractivity contribution < 1.29 is 13.2 Å². The van der Waals surface area contributed by atoms with Gasteiger partial charge < -0.3 is 9.13 Å². The second kappa shape index (κ2) is 12.8. The molecular formula is C47H27F3N6. The zero-order valence-electron chi connectivity index (χ0n) is 29.4. The van der Waals surface area contributed by atoms with E-state index in [1.807, 2.05) is 133 Å². The maximum Gasteiger partial charge on any atom is 0.418 e. The maximum atomic E-state index is 14.4. The van der Waals surface area contributed by atoms with Crippen molar-refractivity contribution in [3.05, 3.63) is 175 Å². The summed E-state index contributed by atoms with van der Waals surface area (Å²) in [5.41, 5.74) is 5.68. The third kappa shape index (κ3) is 5.30. The van der Waals surface area contributed by atoms with Crippen molar-refractivity contribution >= 4 is 43.6 Å². The second-order valence-electron chi connectivity index (χ2n) is 13.5. The van der Waals surface area contributed by atoms with Gasteiger partial charge in [0.05, 0.1) is 44.6 Å². The van der Waals surface area contributed by atoms with Crippen molar-refractivity contribution in [1.29, 1.82) is 5.26 Å². The van der Waals surface area contributed by atoms with Gasteiger partial charge in [0.1, 0.15) is 6.07 Å². The highest BCUT2D eigenvalue weighted by Gasteiger charge is 2.34. The molecule has 0 aliphatic heterocycles. The number of alkyl halides is 3. The highest BCUT2D eigenvalue weighted by Crippen LogP contribution is 2.42. The number of fused-ring (bicyclic) bond motifs is 6. The first-order valence-corrected chi connectivity index (χ1v) is 17.9. The van der Waals surface area contributed by atoms with Crippen molar-refractivity contribution in [2.45, 2.75) is 6.18 Å². The molecule has 0 unspecified atom stereocenters. The third-order valence-electron chi connectivity index (χ3n) is 10.2. The van der Waals surface area contributed by atoms with E-state index in [9.17, 15) is 18.4 Å². The van der Waals surface area contributed by atoms with Crippen LogP contribution in [0.25, 0.3) is 89.2 Å². The van der Waals surface area contributed by atoms with Crippen molar-refractivity contribution in [2.24, 2.45) is 0 Å². The summed E-state index contributed by atoms with van der Waals surface area (Å²) in [6.45, 7) is 0. The Kier molecular flexibility index (Phi) is 7.54. The lowest BCUT2D eigenvalue weighted by Crippen LogP contribution is -2.10. The monoisotopic (exact) mass is 732 g/mol. The van der Waals surface area contributed by atoms with Crippen LogP contribution in [0.3, 0.4) is 0 Å². The number of rotatable bonds is 5. The fraction of sp³-hybridized carbons (Fsp3) is 0.0213. The van der Waals surface area contributed by atoms with E-state index in [0.29, 0.717) is 45.3 Å². The van der Waals surface area contributed by atoms with Gasteiger partial charge in [0.2, 0.25) is 0 Å². The molecule has 0 radical (unpaired) electrons. The molecule has 3 heterocycles. The fourth-order valence-corrected chi connectivity index (χ4v) is 7.76. The van der Waals surface area contributed by atoms with E-state index in [1.165, 1.54) is 12.1 Å². The number of nitriles is 1. The summed E-state index contributed by atoms with van der Waals surface area (Å²) in [5, 5.41) is 14.1. The molecule has 56 heavy (non-hydrogen) atoms. The van der Waals surface area contributed by atoms with Gasteiger partial charge in [0.15, 0.2) is 17.5 Å². The van der Waals surface area contributed by atoms with Gasteiger partial charge in [-0.3, -0.25) is 0 Å². The Hall–Kier alpha value is -7.57. The first-order valence-electron chi connectivity index (χ1n) is 17.9. The van der Waals surface area contributed by atoms with Gasteiger partial charge >= 0.3 is 6.18 Å². The molecule has 3 aromatic heterocycles. The summed E-state index contributed by atoms with van der Waals surface area (Å²) in [6.07, 6.45) is -4.55. The van der Waals surface area contributed by atoms with Crippen molar-refractivity contribution in [1.82, 2.24) is 24.1 Å². The van der Waals surface area contributed by atoms with E-state index in [-0.39, 0.29) is 5.69 Å². The molecule has 0 aliphatic carbocycles. The largest absolute Gasteiger partial charge is 0.418 e. The Morgan fingerprint density at radius 1 is 0.429 bits per heavy atom. The smallest absolute Gasteiger partial charge is 0.309 e. The van der Waals surface area contributed by atoms with E-state index < -0.39 is 11.7 Å². The van der Waals surface area contributed by atoms with Crippen molar-refractivity contribution in [2.75, 3.05) is 0 Å². The molecule has 6 nitrogen and oxygen atoms in total. The lowest BCUT2D eigenvalue weighted by Gasteiger charge is -2.15. The Labute approximate surface area is 318 Å². The Morgan fingerprint density at radius 3 is 1.43 bits per heavy atom. The minimum Gasteiger partial charge on any atom is -0.309 e. The normalized spacial score (nSPS) is 11.8. The topological polar surface area (TPSA) is 72.3 Å². The number of halogens is 3. The molecule has 7 aromatic carbocycles. The Balaban J connectivity index is 1.20. The second-order valence-corrected chi connectivity index (χ2v) is 13.5. The molecule has 0 aliphatic rings. The van der Waals surface area contributed by atoms with Crippen LogP contribution in [0.4, 0.5) is 13.2 Å². The minimum absolute atomic E-state index is 0.0563. The molecule has 0 bridgehead atoms. The van der Waals surface area contributed by atoms with E-state index >= 15 is 0 Å². The molecule has 10 rings (SSSR count). The molecule has 0 saturated carbocycles. The predicted octanol–water partition coefficient (Wildman–Crippen LogP) is 12.0. The van der Waals surface area contributed by atoms with Crippen molar-refractivity contribution in [3.8, 4) is 51.6 Å². The quantitative estimate of drug-likeness (QED) is 0.177. The summed E-state index contributed by atoms with van der Waals surface area (Å²) in [7, 11) is 0. The number of nitrogens with zero attached hydrogens (tertiary/aromatic N) is 6. The minimum atomic E-state index is -4.55. The highest BCUT2D eigenvalue weighted by molar-refractivity contribution is 6.19. The Morgan fingerprint density at radius 2 is 0.893 bits per heavy atom. The zero-order chi connectivity index (χ0) is 38.0. The molecule has 9 heteroatoms. The summed E-state index contributed by atoms with van der Waals surface area (Å²) in [6, 6.07) is 52.5. The first kappa shape index (κ1) is 33.0. The summed E-state index contributed by atoms with van der Waals surface area (Å²) in [5.74, 6) is 1.46. The molecule has 10 aromatic rings. The number of benzene rings is 7. The average molecular weight is 733 g/mol. The first-order chi connectivity index (χ1) is 27.4. The predicted molar refractivity (Wildman–Crippen MR) is 215 cm³/mol. The molecule has 0 N–H and O–H groups in total. The van der Waals surface area contributed by atoms with Gasteiger partial charge in [0.25, 0.3) is 0 Å². The van der Waals surface area contributed by atoms with Crippen LogP contribution in [0.15, 0.2) is 164 Å². The summed E-state index contributed by atoms with van der Waals surface area (Å²) < 4.78 is 47.1. The van der Waals surface area contributed by atoms with Crippen molar-refractivity contribution in [3.63, 3.8) is 0 Å². The Bertz CT molecular complexity index is 3140. The van der Waals surface area contributed by atoms with Crippen LogP contribution in [0, 0.1) is 11.3 Å². The molecule has 0 spiro atoms. The number of para-hydroxylation sites is 3. The van der Waals surface area contributed by atoms with Crippen LogP contribution in [0.1, 0.15) is 11.1 Å². The zero-order valence-corrected chi connectivity index (χ0v) is 29.4. The molecule has 0 amide bonds. The van der Waals surface area contributed by atoms with Crippen LogP contribution in [-0.2, 0) is 6.18 Å². The van der Waals surface area contributed by atoms with Crippen LogP contribution >= 0.6 is 0 Å². The van der Waals surface area contributed by atoms with Gasteiger partial charge in [-0.25, -0.2) is 15.0 Å². The lowest BCUT2D eigenvalue weighted by molar-refractivity contribution is -0.137. The van der Waals surface area contributed by atoms with Gasteiger partial charge in [-0.1, -0.05) is 109 Å². The van der Waals surface area contributed by atoms with E-state index in [2.05, 4.69) is 10.6 Å². The van der Waals surface area contributed by atoms with Gasteiger partial charge in [-0.05, 0) is 54.6 Å². The number of aromatic nitrogens is 5. The average Bonchev–Trinajstić information content (AvgIpc) is 3.74. The van der Waals surface area contributed by atoms with Crippen LogP contribution < -0.4 is 0 Å². The van der Waals surface area contributed by atoms with E-state index in [0.717, 1.165) is 49.8 Å². The van der Waals surface area contributed by atoms with Crippen LogP contribution in [0.2, 0.25) is 0 Å². The van der Waals surface area contributed by atoms with Crippen LogP contribution in [0.5, 0.6) is 0 Å². The molecule has 0 fully saturated rings. The molecule has 0 saturated heterocycles. The van der Waals surface area contributed by atoms with Gasteiger partial charge in [-0.15, -0.1) is 0 Å². The fourth-order valence-electron chi connectivity index (χ4n) is 7.76. The highest BCUT2D eigenvalue weighted by atomic mass is 19.4. The summed E-state index contributed by atoms with van der Waals surface area (Å²) in [4.78, 5) is 14.5. The molecule has 0 atom stereocenters.